The zero-order valence-corrected chi connectivity index (χ0v) is 11.7. The Kier molecular flexibility index (Phi) is 3.19. The summed E-state index contributed by atoms with van der Waals surface area (Å²) in [5.41, 5.74) is 0.792. The topological polar surface area (TPSA) is 81.8 Å². The molecule has 8 heteroatoms. The number of nitro groups is 1. The second-order valence-electron chi connectivity index (χ2n) is 4.36. The number of pyridine rings is 1. The summed E-state index contributed by atoms with van der Waals surface area (Å²) in [6, 6.07) is 1.53. The van der Waals surface area contributed by atoms with E-state index in [0.29, 0.717) is 5.92 Å². The van der Waals surface area contributed by atoms with Gasteiger partial charge in [-0.1, -0.05) is 11.3 Å². The molecule has 0 spiro atoms. The smallest absolute Gasteiger partial charge is 0.258 e. The van der Waals surface area contributed by atoms with Crippen molar-refractivity contribution in [1.29, 1.82) is 0 Å². The fourth-order valence-corrected chi connectivity index (χ4v) is 3.57. The Bertz CT molecular complexity index is 639. The molecule has 3 rings (SSSR count). The van der Waals surface area contributed by atoms with Crippen molar-refractivity contribution in [2.45, 2.75) is 35.0 Å². The van der Waals surface area contributed by atoms with Gasteiger partial charge in [0.2, 0.25) is 0 Å². The highest BCUT2D eigenvalue weighted by atomic mass is 32.2. The lowest BCUT2D eigenvalue weighted by molar-refractivity contribution is -0.385. The molecule has 6 nitrogen and oxygen atoms in total. The van der Waals surface area contributed by atoms with Crippen molar-refractivity contribution < 1.29 is 4.92 Å². The van der Waals surface area contributed by atoms with Crippen molar-refractivity contribution in [3.63, 3.8) is 0 Å². The maximum absolute atomic E-state index is 10.6. The molecular formula is C11H10N4O2S2. The van der Waals surface area contributed by atoms with E-state index < -0.39 is 4.92 Å². The summed E-state index contributed by atoms with van der Waals surface area (Å²) >= 11 is 3.00. The van der Waals surface area contributed by atoms with Gasteiger partial charge in [-0.15, -0.1) is 10.2 Å². The molecule has 19 heavy (non-hydrogen) atoms. The predicted octanol–water partition coefficient (Wildman–Crippen LogP) is 3.18. The zero-order valence-electron chi connectivity index (χ0n) is 10.1. The lowest BCUT2D eigenvalue weighted by atomic mass is 10.3. The predicted molar refractivity (Wildman–Crippen MR) is 71.6 cm³/mol. The van der Waals surface area contributed by atoms with Crippen molar-refractivity contribution >= 4 is 28.8 Å². The molecule has 0 atom stereocenters. The third-order valence-electron chi connectivity index (χ3n) is 2.76. The molecule has 1 fully saturated rings. The largest absolute Gasteiger partial charge is 0.287 e. The van der Waals surface area contributed by atoms with Gasteiger partial charge >= 0.3 is 0 Å². The van der Waals surface area contributed by atoms with Gasteiger partial charge < -0.3 is 0 Å². The van der Waals surface area contributed by atoms with Gasteiger partial charge in [0.25, 0.3) is 5.69 Å². The molecule has 0 aromatic carbocycles. The van der Waals surface area contributed by atoms with Crippen LogP contribution in [-0.4, -0.2) is 20.1 Å². The van der Waals surface area contributed by atoms with Crippen LogP contribution in [0.4, 0.5) is 5.69 Å². The number of hydrogen-bond donors (Lipinski definition) is 0. The van der Waals surface area contributed by atoms with Gasteiger partial charge in [-0.2, -0.15) is 0 Å². The van der Waals surface area contributed by atoms with Crippen LogP contribution >= 0.6 is 23.1 Å². The first-order valence-electron chi connectivity index (χ1n) is 5.76. The summed E-state index contributed by atoms with van der Waals surface area (Å²) in [6.45, 7) is 1.81. The van der Waals surface area contributed by atoms with Gasteiger partial charge in [0.15, 0.2) is 4.34 Å². The van der Waals surface area contributed by atoms with Crippen molar-refractivity contribution in [2.75, 3.05) is 0 Å². The Morgan fingerprint density at radius 3 is 2.89 bits per heavy atom. The Balaban J connectivity index is 1.79. The molecule has 98 valence electrons. The standard InChI is InChI=1S/C11H10N4O2S2/c1-6-4-8(15(16)17)5-12-9(6)18-11-14-13-10(19-11)7-2-3-7/h4-5,7H,2-3H2,1H3. The summed E-state index contributed by atoms with van der Waals surface area (Å²) in [6.07, 6.45) is 3.68. The first kappa shape index (κ1) is 12.5. The van der Waals surface area contributed by atoms with Crippen LogP contribution in [0.15, 0.2) is 21.6 Å². The van der Waals surface area contributed by atoms with E-state index in [2.05, 4.69) is 15.2 Å². The highest BCUT2D eigenvalue weighted by Crippen LogP contribution is 2.43. The van der Waals surface area contributed by atoms with Crippen LogP contribution in [0.2, 0.25) is 0 Å². The molecule has 0 bridgehead atoms. The third kappa shape index (κ3) is 2.74. The van der Waals surface area contributed by atoms with Crippen LogP contribution in [-0.2, 0) is 0 Å². The van der Waals surface area contributed by atoms with Gasteiger partial charge in [0.05, 0.1) is 4.92 Å². The molecule has 0 N–H and O–H groups in total. The van der Waals surface area contributed by atoms with E-state index in [-0.39, 0.29) is 5.69 Å². The molecule has 0 saturated heterocycles. The van der Waals surface area contributed by atoms with Gasteiger partial charge in [-0.25, -0.2) is 4.98 Å². The molecule has 0 amide bonds. The monoisotopic (exact) mass is 294 g/mol. The number of nitrogens with zero attached hydrogens (tertiary/aromatic N) is 4. The fourth-order valence-electron chi connectivity index (χ4n) is 1.59. The van der Waals surface area contributed by atoms with Gasteiger partial charge in [0, 0.05) is 12.0 Å². The molecule has 1 aliphatic carbocycles. The van der Waals surface area contributed by atoms with Crippen LogP contribution in [0, 0.1) is 17.0 Å². The molecule has 2 aromatic heterocycles. The summed E-state index contributed by atoms with van der Waals surface area (Å²) in [4.78, 5) is 14.3. The molecule has 2 heterocycles. The fraction of sp³-hybridized carbons (Fsp3) is 0.364. The normalized spacial score (nSPS) is 14.6. The quantitative estimate of drug-likeness (QED) is 0.636. The second kappa shape index (κ2) is 4.86. The van der Waals surface area contributed by atoms with Crippen LogP contribution in [0.25, 0.3) is 0 Å². The van der Waals surface area contributed by atoms with E-state index in [1.54, 1.807) is 11.3 Å². The third-order valence-corrected chi connectivity index (χ3v) is 5.02. The summed E-state index contributed by atoms with van der Waals surface area (Å²) in [7, 11) is 0. The summed E-state index contributed by atoms with van der Waals surface area (Å²) in [5, 5.41) is 20.8. The van der Waals surface area contributed by atoms with Crippen molar-refractivity contribution in [1.82, 2.24) is 15.2 Å². The minimum absolute atomic E-state index is 0.0118. The maximum Gasteiger partial charge on any atom is 0.287 e. The first-order chi connectivity index (χ1) is 9.13. The van der Waals surface area contributed by atoms with Crippen LogP contribution in [0.3, 0.4) is 0 Å². The number of aryl methyl sites for hydroxylation is 1. The van der Waals surface area contributed by atoms with E-state index in [0.717, 1.165) is 19.9 Å². The maximum atomic E-state index is 10.6. The van der Waals surface area contributed by atoms with Gasteiger partial charge in [-0.05, 0) is 37.1 Å². The molecule has 1 saturated carbocycles. The van der Waals surface area contributed by atoms with E-state index in [1.165, 1.54) is 36.9 Å². The van der Waals surface area contributed by atoms with Crippen LogP contribution in [0.1, 0.15) is 29.3 Å². The molecular weight excluding hydrogens is 284 g/mol. The highest BCUT2D eigenvalue weighted by Gasteiger charge is 2.27. The lowest BCUT2D eigenvalue weighted by Crippen LogP contribution is -1.92. The van der Waals surface area contributed by atoms with Gasteiger partial charge in [-0.3, -0.25) is 10.1 Å². The molecule has 1 aliphatic rings. The Hall–Kier alpha value is -1.54. The number of aromatic nitrogens is 3. The zero-order chi connectivity index (χ0) is 13.4. The van der Waals surface area contributed by atoms with Gasteiger partial charge in [0.1, 0.15) is 16.2 Å². The van der Waals surface area contributed by atoms with Crippen molar-refractivity contribution in [3.8, 4) is 0 Å². The average Bonchev–Trinajstić information content (AvgIpc) is 3.12. The van der Waals surface area contributed by atoms with Crippen molar-refractivity contribution in [3.05, 3.63) is 32.9 Å². The first-order valence-corrected chi connectivity index (χ1v) is 7.39. The Labute approximate surface area is 117 Å². The average molecular weight is 294 g/mol. The minimum atomic E-state index is -0.440. The molecule has 0 aliphatic heterocycles. The number of rotatable bonds is 4. The summed E-state index contributed by atoms with van der Waals surface area (Å²) < 4.78 is 0.839. The van der Waals surface area contributed by atoms with Crippen LogP contribution < -0.4 is 0 Å². The second-order valence-corrected chi connectivity index (χ2v) is 6.60. The minimum Gasteiger partial charge on any atom is -0.258 e. The van der Waals surface area contributed by atoms with E-state index in [9.17, 15) is 10.1 Å². The van der Waals surface area contributed by atoms with Crippen molar-refractivity contribution in [2.24, 2.45) is 0 Å². The Morgan fingerprint density at radius 1 is 1.47 bits per heavy atom. The van der Waals surface area contributed by atoms with Crippen LogP contribution in [0.5, 0.6) is 0 Å². The molecule has 0 radical (unpaired) electrons. The Morgan fingerprint density at radius 2 is 2.26 bits per heavy atom. The summed E-state index contributed by atoms with van der Waals surface area (Å²) in [5.74, 6) is 0.595. The SMILES string of the molecule is Cc1cc([N+](=O)[O-])cnc1Sc1nnc(C2CC2)s1. The number of hydrogen-bond acceptors (Lipinski definition) is 7. The van der Waals surface area contributed by atoms with E-state index >= 15 is 0 Å². The molecule has 0 unspecified atom stereocenters. The molecule has 2 aromatic rings. The lowest BCUT2D eigenvalue weighted by Gasteiger charge is -2.00. The van der Waals surface area contributed by atoms with E-state index in [1.807, 2.05) is 6.92 Å². The highest BCUT2D eigenvalue weighted by molar-refractivity contribution is 8.01. The van der Waals surface area contributed by atoms with E-state index in [4.69, 9.17) is 0 Å².